The number of Topliss-reactive ketones (excluding diaryl/α,β-unsaturated/α-hetero) is 1. The molecule has 0 aliphatic carbocycles. The summed E-state index contributed by atoms with van der Waals surface area (Å²) in [6.45, 7) is -0.372. The lowest BCUT2D eigenvalue weighted by Crippen LogP contribution is -2.13. The third-order valence-corrected chi connectivity index (χ3v) is 5.66. The lowest BCUT2D eigenvalue weighted by Gasteiger charge is -2.10. The van der Waals surface area contributed by atoms with Crippen molar-refractivity contribution in [3.63, 3.8) is 0 Å². The van der Waals surface area contributed by atoms with Gasteiger partial charge in [0.2, 0.25) is 5.78 Å². The fourth-order valence-corrected chi connectivity index (χ4v) is 3.92. The summed E-state index contributed by atoms with van der Waals surface area (Å²) in [6.07, 6.45) is 0. The van der Waals surface area contributed by atoms with Crippen molar-refractivity contribution >= 4 is 56.4 Å². The van der Waals surface area contributed by atoms with Crippen molar-refractivity contribution in [2.45, 2.75) is 0 Å². The lowest BCUT2D eigenvalue weighted by molar-refractivity contribution is 0.0695. The molecule has 0 amide bonds. The Balaban J connectivity index is 1.89. The molecule has 8 heteroatoms. The van der Waals surface area contributed by atoms with Gasteiger partial charge >= 0.3 is 5.97 Å². The Kier molecular flexibility index (Phi) is 5.36. The monoisotopic (exact) mass is 410 g/mol. The van der Waals surface area contributed by atoms with E-state index in [9.17, 15) is 14.7 Å². The van der Waals surface area contributed by atoms with Crippen molar-refractivity contribution in [1.82, 2.24) is 0 Å². The molecule has 134 valence electrons. The molecule has 26 heavy (non-hydrogen) atoms. The molecule has 0 bridgehead atoms. The van der Waals surface area contributed by atoms with E-state index in [0.29, 0.717) is 11.1 Å². The van der Waals surface area contributed by atoms with Crippen LogP contribution in [-0.4, -0.2) is 30.6 Å². The molecule has 0 fully saturated rings. The first-order valence-corrected chi connectivity index (χ1v) is 8.94. The molecule has 0 atom stereocenters. The highest BCUT2D eigenvalue weighted by Crippen LogP contribution is 2.38. The molecule has 2 aromatic carbocycles. The Hall–Kier alpha value is -2.28. The first-order chi connectivity index (χ1) is 12.4. The zero-order valence-electron chi connectivity index (χ0n) is 13.4. The van der Waals surface area contributed by atoms with Gasteiger partial charge in [-0.3, -0.25) is 4.79 Å². The van der Waals surface area contributed by atoms with Gasteiger partial charge in [-0.25, -0.2) is 4.79 Å². The van der Waals surface area contributed by atoms with Gasteiger partial charge < -0.3 is 14.6 Å². The number of rotatable bonds is 6. The minimum absolute atomic E-state index is 0.0397. The first-order valence-electron chi connectivity index (χ1n) is 7.36. The van der Waals surface area contributed by atoms with Crippen LogP contribution in [-0.2, 0) is 0 Å². The highest BCUT2D eigenvalue weighted by atomic mass is 35.5. The molecule has 1 aromatic heterocycles. The summed E-state index contributed by atoms with van der Waals surface area (Å²) in [6, 6.07) is 10.1. The number of carbonyl (C=O) groups is 2. The maximum atomic E-state index is 12.5. The second kappa shape index (κ2) is 7.53. The van der Waals surface area contributed by atoms with Gasteiger partial charge in [-0.15, -0.1) is 11.3 Å². The maximum Gasteiger partial charge on any atom is 0.349 e. The minimum atomic E-state index is -1.11. The number of halogens is 2. The Morgan fingerprint density at radius 1 is 1.12 bits per heavy atom. The molecule has 1 N–H and O–H groups in total. The van der Waals surface area contributed by atoms with Crippen LogP contribution < -0.4 is 9.47 Å². The van der Waals surface area contributed by atoms with Crippen molar-refractivity contribution in [2.24, 2.45) is 0 Å². The third kappa shape index (κ3) is 3.35. The quantitative estimate of drug-likeness (QED) is 0.566. The second-order valence-electron chi connectivity index (χ2n) is 5.22. The van der Waals surface area contributed by atoms with E-state index in [4.69, 9.17) is 32.7 Å². The van der Waals surface area contributed by atoms with Crippen LogP contribution in [0, 0.1) is 0 Å². The van der Waals surface area contributed by atoms with Crippen molar-refractivity contribution in [2.75, 3.05) is 13.7 Å². The average molecular weight is 411 g/mol. The molecule has 0 aliphatic heterocycles. The minimum Gasteiger partial charge on any atom is -0.495 e. The molecule has 3 rings (SSSR count). The standard InChI is InChI=1S/C18H12Cl2O5S/c1-24-12-7-6-9(14(19)15(12)20)11(21)8-25-16-10-4-2-3-5-13(10)26-17(16)18(22)23/h2-7H,8H2,1H3,(H,22,23). The van der Waals surface area contributed by atoms with Crippen LogP contribution in [0.4, 0.5) is 0 Å². The number of fused-ring (bicyclic) bond motifs is 1. The molecule has 1 heterocycles. The Morgan fingerprint density at radius 3 is 2.54 bits per heavy atom. The fourth-order valence-electron chi connectivity index (χ4n) is 2.43. The van der Waals surface area contributed by atoms with Gasteiger partial charge in [0, 0.05) is 15.6 Å². The van der Waals surface area contributed by atoms with Crippen LogP contribution >= 0.6 is 34.5 Å². The van der Waals surface area contributed by atoms with E-state index in [1.807, 2.05) is 0 Å². The summed E-state index contributed by atoms with van der Waals surface area (Å²) in [7, 11) is 1.44. The average Bonchev–Trinajstić information content (AvgIpc) is 3.01. The van der Waals surface area contributed by atoms with Crippen LogP contribution in [0.2, 0.25) is 10.0 Å². The number of ketones is 1. The molecular weight excluding hydrogens is 399 g/mol. The highest BCUT2D eigenvalue weighted by Gasteiger charge is 2.22. The number of ether oxygens (including phenoxy) is 2. The number of benzene rings is 2. The summed E-state index contributed by atoms with van der Waals surface area (Å²) < 4.78 is 11.4. The SMILES string of the molecule is COc1ccc(C(=O)COc2c(C(=O)O)sc3ccccc23)c(Cl)c1Cl. The van der Waals surface area contributed by atoms with Crippen LogP contribution in [0.1, 0.15) is 20.0 Å². The van der Waals surface area contributed by atoms with Gasteiger partial charge in [0.15, 0.2) is 17.2 Å². The van der Waals surface area contributed by atoms with Gasteiger partial charge in [0.05, 0.1) is 12.1 Å². The number of carbonyl (C=O) groups excluding carboxylic acids is 1. The molecule has 0 saturated heterocycles. The molecule has 0 spiro atoms. The van der Waals surface area contributed by atoms with Crippen LogP contribution in [0.5, 0.6) is 11.5 Å². The molecule has 5 nitrogen and oxygen atoms in total. The van der Waals surface area contributed by atoms with E-state index in [0.717, 1.165) is 16.0 Å². The predicted molar refractivity (Wildman–Crippen MR) is 102 cm³/mol. The highest BCUT2D eigenvalue weighted by molar-refractivity contribution is 7.21. The van der Waals surface area contributed by atoms with E-state index in [2.05, 4.69) is 0 Å². The maximum absolute atomic E-state index is 12.5. The number of carboxylic acid groups (broad SMARTS) is 1. The molecule has 3 aromatic rings. The van der Waals surface area contributed by atoms with Crippen molar-refractivity contribution in [3.8, 4) is 11.5 Å². The first kappa shape index (κ1) is 18.5. The smallest absolute Gasteiger partial charge is 0.349 e. The normalized spacial score (nSPS) is 10.7. The number of hydrogen-bond donors (Lipinski definition) is 1. The van der Waals surface area contributed by atoms with Crippen LogP contribution in [0.15, 0.2) is 36.4 Å². The van der Waals surface area contributed by atoms with Crippen molar-refractivity contribution in [1.29, 1.82) is 0 Å². The topological polar surface area (TPSA) is 72.8 Å². The number of aromatic carboxylic acids is 1. The Labute approximate surface area is 162 Å². The number of hydrogen-bond acceptors (Lipinski definition) is 5. The largest absolute Gasteiger partial charge is 0.495 e. The van der Waals surface area contributed by atoms with E-state index in [1.165, 1.54) is 19.2 Å². The zero-order chi connectivity index (χ0) is 18.8. The van der Waals surface area contributed by atoms with Crippen molar-refractivity contribution < 1.29 is 24.2 Å². The summed E-state index contributed by atoms with van der Waals surface area (Å²) >= 11 is 13.3. The van der Waals surface area contributed by atoms with E-state index < -0.39 is 11.8 Å². The van der Waals surface area contributed by atoms with E-state index in [-0.39, 0.29) is 32.8 Å². The van der Waals surface area contributed by atoms with Gasteiger partial charge in [0.1, 0.15) is 10.8 Å². The number of thiophene rings is 1. The molecule has 0 saturated carbocycles. The molecule has 0 aliphatic rings. The molecule has 0 radical (unpaired) electrons. The number of methoxy groups -OCH3 is 1. The molecule has 0 unspecified atom stereocenters. The summed E-state index contributed by atoms with van der Waals surface area (Å²) in [5.41, 5.74) is 0.175. The Bertz CT molecular complexity index is 1010. The third-order valence-electron chi connectivity index (χ3n) is 3.66. The number of carboxylic acids is 1. The summed E-state index contributed by atoms with van der Waals surface area (Å²) in [4.78, 5) is 24.0. The predicted octanol–water partition coefficient (Wildman–Crippen LogP) is 5.18. The van der Waals surface area contributed by atoms with Gasteiger partial charge in [0.25, 0.3) is 0 Å². The Morgan fingerprint density at radius 2 is 1.85 bits per heavy atom. The van der Waals surface area contributed by atoms with Gasteiger partial charge in [-0.1, -0.05) is 35.3 Å². The lowest BCUT2D eigenvalue weighted by atomic mass is 10.1. The fraction of sp³-hybridized carbons (Fsp3) is 0.111. The summed E-state index contributed by atoms with van der Waals surface area (Å²) in [5.74, 6) is -1.02. The summed E-state index contributed by atoms with van der Waals surface area (Å²) in [5, 5.41) is 10.2. The van der Waals surface area contributed by atoms with Gasteiger partial charge in [-0.05, 0) is 24.3 Å². The van der Waals surface area contributed by atoms with Crippen molar-refractivity contribution in [3.05, 3.63) is 56.9 Å². The second-order valence-corrected chi connectivity index (χ2v) is 7.02. The molecular formula is C18H12Cl2O5S. The van der Waals surface area contributed by atoms with E-state index >= 15 is 0 Å². The zero-order valence-corrected chi connectivity index (χ0v) is 15.7. The van der Waals surface area contributed by atoms with Crippen LogP contribution in [0.3, 0.4) is 0 Å². The van der Waals surface area contributed by atoms with Crippen LogP contribution in [0.25, 0.3) is 10.1 Å². The van der Waals surface area contributed by atoms with Gasteiger partial charge in [-0.2, -0.15) is 0 Å². The van der Waals surface area contributed by atoms with E-state index in [1.54, 1.807) is 24.3 Å².